The van der Waals surface area contributed by atoms with E-state index in [4.69, 9.17) is 4.74 Å². The number of nitrogens with zero attached hydrogens (tertiary/aromatic N) is 7. The van der Waals surface area contributed by atoms with Crippen molar-refractivity contribution in [2.75, 3.05) is 11.4 Å². The first-order valence-corrected chi connectivity index (χ1v) is 11.8. The number of carbonyl (C=O) groups is 1. The molecule has 0 aliphatic carbocycles. The SMILES string of the molecule is CCCC(=O)O[C@H](C)c1nccc(N2CCc3c(c(=O)n(-c4cnc5ccccc5n4)n3C)C2)n1. The van der Waals surface area contributed by atoms with Gasteiger partial charge in [0.1, 0.15) is 5.82 Å². The number of benzene rings is 1. The Morgan fingerprint density at radius 2 is 1.91 bits per heavy atom. The van der Waals surface area contributed by atoms with Crippen LogP contribution in [0, 0.1) is 0 Å². The van der Waals surface area contributed by atoms with Crippen molar-refractivity contribution in [3.05, 3.63) is 70.2 Å². The maximum Gasteiger partial charge on any atom is 0.306 e. The van der Waals surface area contributed by atoms with Crippen LogP contribution in [0.25, 0.3) is 16.9 Å². The van der Waals surface area contributed by atoms with E-state index in [0.29, 0.717) is 49.0 Å². The Bertz CT molecular complexity index is 1460. The van der Waals surface area contributed by atoms with Gasteiger partial charge >= 0.3 is 5.97 Å². The van der Waals surface area contributed by atoms with Crippen molar-refractivity contribution in [3.8, 4) is 5.82 Å². The highest BCUT2D eigenvalue weighted by Crippen LogP contribution is 2.24. The smallest absolute Gasteiger partial charge is 0.306 e. The van der Waals surface area contributed by atoms with E-state index >= 15 is 0 Å². The maximum absolute atomic E-state index is 13.5. The summed E-state index contributed by atoms with van der Waals surface area (Å²) in [5.41, 5.74) is 3.07. The van der Waals surface area contributed by atoms with Crippen LogP contribution >= 0.6 is 0 Å². The lowest BCUT2D eigenvalue weighted by molar-refractivity contribution is -0.149. The second-order valence-electron chi connectivity index (χ2n) is 8.61. The number of hydrogen-bond donors (Lipinski definition) is 0. The van der Waals surface area contributed by atoms with Crippen LogP contribution in [-0.4, -0.2) is 41.8 Å². The fourth-order valence-corrected chi connectivity index (χ4v) is 4.44. The van der Waals surface area contributed by atoms with Crippen LogP contribution in [0.5, 0.6) is 0 Å². The molecule has 10 heteroatoms. The predicted octanol–water partition coefficient (Wildman–Crippen LogP) is 2.88. The van der Waals surface area contributed by atoms with E-state index in [2.05, 4.69) is 19.9 Å². The summed E-state index contributed by atoms with van der Waals surface area (Å²) < 4.78 is 8.89. The number of rotatable bonds is 6. The quantitative estimate of drug-likeness (QED) is 0.394. The zero-order valence-electron chi connectivity index (χ0n) is 20.0. The molecule has 5 rings (SSSR count). The summed E-state index contributed by atoms with van der Waals surface area (Å²) in [7, 11) is 1.88. The van der Waals surface area contributed by atoms with E-state index in [-0.39, 0.29) is 11.5 Å². The van der Waals surface area contributed by atoms with Crippen molar-refractivity contribution in [1.29, 1.82) is 0 Å². The van der Waals surface area contributed by atoms with E-state index in [9.17, 15) is 9.59 Å². The molecule has 0 saturated carbocycles. The minimum absolute atomic E-state index is 0.118. The third-order valence-corrected chi connectivity index (χ3v) is 6.22. The molecular formula is C25H27N7O3. The second kappa shape index (κ2) is 9.28. The van der Waals surface area contributed by atoms with Crippen LogP contribution in [0.15, 0.2) is 47.5 Å². The number of aromatic nitrogens is 6. The summed E-state index contributed by atoms with van der Waals surface area (Å²) in [4.78, 5) is 45.4. The second-order valence-corrected chi connectivity index (χ2v) is 8.61. The van der Waals surface area contributed by atoms with Crippen molar-refractivity contribution in [2.24, 2.45) is 7.05 Å². The van der Waals surface area contributed by atoms with Gasteiger partial charge in [0.2, 0.25) is 0 Å². The largest absolute Gasteiger partial charge is 0.454 e. The highest BCUT2D eigenvalue weighted by atomic mass is 16.5. The average Bonchev–Trinajstić information content (AvgIpc) is 3.13. The summed E-state index contributed by atoms with van der Waals surface area (Å²) in [6, 6.07) is 9.40. The van der Waals surface area contributed by atoms with Gasteiger partial charge in [-0.25, -0.2) is 15.0 Å². The molecule has 1 aromatic carbocycles. The molecule has 3 aromatic heterocycles. The van der Waals surface area contributed by atoms with Gasteiger partial charge in [-0.3, -0.25) is 19.3 Å². The van der Waals surface area contributed by atoms with Gasteiger partial charge in [-0.05, 0) is 31.5 Å². The number of carbonyl (C=O) groups excluding carboxylic acids is 1. The molecule has 0 saturated heterocycles. The molecule has 4 heterocycles. The van der Waals surface area contributed by atoms with Gasteiger partial charge < -0.3 is 9.64 Å². The molecule has 0 amide bonds. The lowest BCUT2D eigenvalue weighted by Gasteiger charge is -2.28. The van der Waals surface area contributed by atoms with Crippen molar-refractivity contribution in [3.63, 3.8) is 0 Å². The predicted molar refractivity (Wildman–Crippen MR) is 130 cm³/mol. The third kappa shape index (κ3) is 4.27. The fraction of sp³-hybridized carbons (Fsp3) is 0.360. The van der Waals surface area contributed by atoms with E-state index in [0.717, 1.165) is 23.1 Å². The first-order chi connectivity index (χ1) is 17.0. The molecule has 10 nitrogen and oxygen atoms in total. The molecule has 4 aromatic rings. The van der Waals surface area contributed by atoms with Crippen molar-refractivity contribution < 1.29 is 9.53 Å². The molecule has 0 N–H and O–H groups in total. The summed E-state index contributed by atoms with van der Waals surface area (Å²) >= 11 is 0. The topological polar surface area (TPSA) is 108 Å². The number of para-hydroxylation sites is 2. The molecule has 1 aliphatic rings. The van der Waals surface area contributed by atoms with Gasteiger partial charge in [0, 0.05) is 38.3 Å². The number of ether oxygens (including phenoxy) is 1. The molecule has 0 spiro atoms. The Hall–Kier alpha value is -4.08. The van der Waals surface area contributed by atoms with Gasteiger partial charge in [0.05, 0.1) is 29.3 Å². The minimum atomic E-state index is -0.546. The summed E-state index contributed by atoms with van der Waals surface area (Å²) in [6.45, 7) is 4.80. The number of esters is 1. The van der Waals surface area contributed by atoms with Gasteiger partial charge in [-0.15, -0.1) is 0 Å². The number of hydrogen-bond acceptors (Lipinski definition) is 8. The highest BCUT2D eigenvalue weighted by Gasteiger charge is 2.27. The van der Waals surface area contributed by atoms with Gasteiger partial charge in [-0.1, -0.05) is 19.1 Å². The van der Waals surface area contributed by atoms with Crippen LogP contribution in [0.4, 0.5) is 5.82 Å². The van der Waals surface area contributed by atoms with Gasteiger partial charge in [-0.2, -0.15) is 4.68 Å². The molecule has 1 atom stereocenters. The van der Waals surface area contributed by atoms with E-state index in [1.54, 1.807) is 24.0 Å². The third-order valence-electron chi connectivity index (χ3n) is 6.22. The molecule has 0 fully saturated rings. The molecule has 35 heavy (non-hydrogen) atoms. The Labute approximate surface area is 202 Å². The molecule has 0 radical (unpaired) electrons. The van der Waals surface area contributed by atoms with Crippen LogP contribution in [0.1, 0.15) is 49.9 Å². The number of anilines is 1. The zero-order valence-corrected chi connectivity index (χ0v) is 20.0. The van der Waals surface area contributed by atoms with Gasteiger partial charge in [0.25, 0.3) is 5.56 Å². The lowest BCUT2D eigenvalue weighted by Crippen LogP contribution is -2.33. The first-order valence-electron chi connectivity index (χ1n) is 11.8. The fourth-order valence-electron chi connectivity index (χ4n) is 4.44. The number of fused-ring (bicyclic) bond motifs is 2. The lowest BCUT2D eigenvalue weighted by atomic mass is 10.1. The van der Waals surface area contributed by atoms with Gasteiger partial charge in [0.15, 0.2) is 17.7 Å². The Kier molecular flexibility index (Phi) is 6.02. The minimum Gasteiger partial charge on any atom is -0.454 e. The van der Waals surface area contributed by atoms with E-state index < -0.39 is 6.10 Å². The van der Waals surface area contributed by atoms with Crippen LogP contribution in [0.2, 0.25) is 0 Å². The van der Waals surface area contributed by atoms with Crippen LogP contribution in [0.3, 0.4) is 0 Å². The molecule has 0 bridgehead atoms. The van der Waals surface area contributed by atoms with Crippen LogP contribution < -0.4 is 10.5 Å². The highest BCUT2D eigenvalue weighted by molar-refractivity contribution is 5.74. The normalized spacial score (nSPS) is 14.1. The summed E-state index contributed by atoms with van der Waals surface area (Å²) in [5.74, 6) is 1.36. The van der Waals surface area contributed by atoms with Crippen molar-refractivity contribution in [1.82, 2.24) is 29.3 Å². The summed E-state index contributed by atoms with van der Waals surface area (Å²) in [5, 5.41) is 0. The zero-order chi connectivity index (χ0) is 24.5. The Morgan fingerprint density at radius 3 is 2.71 bits per heavy atom. The molecule has 180 valence electrons. The van der Waals surface area contributed by atoms with E-state index in [1.807, 2.05) is 53.9 Å². The molecule has 1 aliphatic heterocycles. The Morgan fingerprint density at radius 1 is 1.11 bits per heavy atom. The molecule has 0 unspecified atom stereocenters. The first kappa shape index (κ1) is 22.7. The Balaban J connectivity index is 1.43. The average molecular weight is 474 g/mol. The molecular weight excluding hydrogens is 446 g/mol. The standard InChI is InChI=1S/C25H27N7O3/c1-4-7-23(33)35-16(2)24-26-12-10-21(29-24)31-13-11-20-17(15-31)25(34)32(30(20)3)22-14-27-18-8-5-6-9-19(18)28-22/h5-6,8-10,12,14,16H,4,7,11,13,15H2,1-3H3/t16-/m1/s1. The van der Waals surface area contributed by atoms with Crippen molar-refractivity contribution >= 4 is 22.8 Å². The van der Waals surface area contributed by atoms with E-state index in [1.165, 1.54) is 0 Å². The maximum atomic E-state index is 13.5. The van der Waals surface area contributed by atoms with Crippen LogP contribution in [-0.2, 0) is 29.5 Å². The monoisotopic (exact) mass is 473 g/mol. The van der Waals surface area contributed by atoms with Crippen molar-refractivity contribution in [2.45, 2.75) is 45.8 Å². The summed E-state index contributed by atoms with van der Waals surface area (Å²) in [6.07, 6.45) is 4.50.